The molecule has 0 spiro atoms. The second-order valence-corrected chi connectivity index (χ2v) is 10.7. The van der Waals surface area contributed by atoms with E-state index in [1.165, 1.54) is 0 Å². The van der Waals surface area contributed by atoms with Crippen molar-refractivity contribution in [2.75, 3.05) is 27.3 Å². The van der Waals surface area contributed by atoms with Gasteiger partial charge < -0.3 is 24.3 Å². The molecule has 0 bridgehead atoms. The second kappa shape index (κ2) is 12.2. The van der Waals surface area contributed by atoms with Crippen LogP contribution in [0.5, 0.6) is 11.5 Å². The Morgan fingerprint density at radius 2 is 1.73 bits per heavy atom. The number of H-pyrrole nitrogens is 1. The van der Waals surface area contributed by atoms with Crippen molar-refractivity contribution in [3.8, 4) is 11.5 Å². The molecule has 5 rings (SSSR count). The number of hydrogen-bond donors (Lipinski definition) is 1. The Bertz CT molecular complexity index is 1530. The van der Waals surface area contributed by atoms with Gasteiger partial charge in [0.25, 0.3) is 5.91 Å². The Morgan fingerprint density at radius 1 is 0.950 bits per heavy atom. The molecule has 1 aliphatic rings. The number of amides is 2. The molecule has 1 fully saturated rings. The lowest BCUT2D eigenvalue weighted by atomic mass is 10.1. The predicted molar refractivity (Wildman–Crippen MR) is 157 cm³/mol. The number of benzene rings is 3. The van der Waals surface area contributed by atoms with Crippen molar-refractivity contribution in [3.63, 3.8) is 0 Å². The van der Waals surface area contributed by atoms with Crippen LogP contribution in [0.3, 0.4) is 0 Å². The summed E-state index contributed by atoms with van der Waals surface area (Å²) in [5.41, 5.74) is 3.51. The fraction of sp³-hybridized carbons (Fsp3) is 0.290. The van der Waals surface area contributed by atoms with Crippen LogP contribution in [-0.4, -0.2) is 59.9 Å². The van der Waals surface area contributed by atoms with E-state index in [0.29, 0.717) is 46.6 Å². The maximum atomic E-state index is 13.9. The molecule has 1 aromatic heterocycles. The van der Waals surface area contributed by atoms with Gasteiger partial charge in [-0.3, -0.25) is 9.59 Å². The van der Waals surface area contributed by atoms with E-state index >= 15 is 0 Å². The maximum absolute atomic E-state index is 13.9. The summed E-state index contributed by atoms with van der Waals surface area (Å²) in [6.45, 7) is 0.820. The summed E-state index contributed by atoms with van der Waals surface area (Å²) in [4.78, 5) is 34.1. The van der Waals surface area contributed by atoms with Crippen LogP contribution in [0, 0.1) is 0 Å². The fourth-order valence-corrected chi connectivity index (χ4v) is 5.18. The lowest BCUT2D eigenvalue weighted by Crippen LogP contribution is -2.44. The maximum Gasteiger partial charge on any atom is 0.254 e. The van der Waals surface area contributed by atoms with Crippen molar-refractivity contribution in [1.82, 2.24) is 14.8 Å². The normalized spacial score (nSPS) is 12.8. The van der Waals surface area contributed by atoms with Gasteiger partial charge >= 0.3 is 0 Å². The number of hydrogen-bond acceptors (Lipinski definition) is 4. The summed E-state index contributed by atoms with van der Waals surface area (Å²) in [6, 6.07) is 18.6. The Morgan fingerprint density at radius 3 is 2.45 bits per heavy atom. The highest BCUT2D eigenvalue weighted by Gasteiger charge is 2.35. The number of carbonyl (C=O) groups excluding carboxylic acids is 2. The van der Waals surface area contributed by atoms with Crippen LogP contribution in [0.25, 0.3) is 10.9 Å². The van der Waals surface area contributed by atoms with Crippen molar-refractivity contribution in [3.05, 3.63) is 93.6 Å². The van der Waals surface area contributed by atoms with Gasteiger partial charge in [0.05, 0.1) is 24.3 Å². The van der Waals surface area contributed by atoms with Gasteiger partial charge in [-0.25, -0.2) is 0 Å². The number of nitrogens with zero attached hydrogens (tertiary/aromatic N) is 2. The van der Waals surface area contributed by atoms with Gasteiger partial charge in [0, 0.05) is 41.8 Å². The van der Waals surface area contributed by atoms with Gasteiger partial charge in [0.1, 0.15) is 6.54 Å². The first-order chi connectivity index (χ1) is 19.4. The van der Waals surface area contributed by atoms with Gasteiger partial charge in [0.15, 0.2) is 11.5 Å². The van der Waals surface area contributed by atoms with Gasteiger partial charge in [-0.15, -0.1) is 0 Å². The molecule has 4 aromatic rings. The summed E-state index contributed by atoms with van der Waals surface area (Å²) in [6.07, 6.45) is 4.39. The number of halogens is 2. The van der Waals surface area contributed by atoms with E-state index in [9.17, 15) is 9.59 Å². The summed E-state index contributed by atoms with van der Waals surface area (Å²) < 4.78 is 10.9. The first-order valence-electron chi connectivity index (χ1n) is 13.2. The highest BCUT2D eigenvalue weighted by molar-refractivity contribution is 6.42. The van der Waals surface area contributed by atoms with Gasteiger partial charge in [-0.05, 0) is 66.8 Å². The molecule has 1 aliphatic carbocycles. The number of ether oxygens (including phenoxy) is 2. The lowest BCUT2D eigenvalue weighted by Gasteiger charge is -2.28. The molecule has 7 nitrogen and oxygen atoms in total. The average molecular weight is 581 g/mol. The molecule has 0 saturated heterocycles. The quantitative estimate of drug-likeness (QED) is 0.224. The monoisotopic (exact) mass is 579 g/mol. The van der Waals surface area contributed by atoms with E-state index in [0.717, 1.165) is 34.9 Å². The molecule has 3 aromatic carbocycles. The van der Waals surface area contributed by atoms with Crippen molar-refractivity contribution >= 4 is 45.9 Å². The zero-order valence-electron chi connectivity index (χ0n) is 22.5. The largest absolute Gasteiger partial charge is 0.493 e. The first-order valence-corrected chi connectivity index (χ1v) is 13.9. The molecule has 2 amide bonds. The molecule has 0 unspecified atom stereocenters. The SMILES string of the molecule is COc1ccc(CN(CCc2c[nH]c3ccccc23)C(=O)CN(C(=O)c2ccc(Cl)c(Cl)c2)C2CC2)cc1OC. The smallest absolute Gasteiger partial charge is 0.254 e. The Hall–Kier alpha value is -3.68. The third-order valence-corrected chi connectivity index (χ3v) is 7.96. The van der Waals surface area contributed by atoms with E-state index in [1.54, 1.807) is 42.2 Å². The van der Waals surface area contributed by atoms with Gasteiger partial charge in [-0.1, -0.05) is 47.5 Å². The molecule has 0 radical (unpaired) electrons. The number of aromatic amines is 1. The Balaban J connectivity index is 1.38. The summed E-state index contributed by atoms with van der Waals surface area (Å²) >= 11 is 12.2. The van der Waals surface area contributed by atoms with Crippen LogP contribution in [0.1, 0.15) is 34.3 Å². The van der Waals surface area contributed by atoms with Gasteiger partial charge in [0.2, 0.25) is 5.91 Å². The number of rotatable bonds is 11. The Labute approximate surface area is 243 Å². The van der Waals surface area contributed by atoms with Crippen LogP contribution >= 0.6 is 23.2 Å². The Kier molecular flexibility index (Phi) is 8.52. The highest BCUT2D eigenvalue weighted by atomic mass is 35.5. The molecule has 208 valence electrons. The molecule has 1 heterocycles. The third kappa shape index (κ3) is 6.21. The molecular weight excluding hydrogens is 549 g/mol. The number of aromatic nitrogens is 1. The molecule has 1 saturated carbocycles. The number of nitrogens with one attached hydrogen (secondary N) is 1. The van der Waals surface area contributed by atoms with E-state index in [1.807, 2.05) is 42.6 Å². The summed E-state index contributed by atoms with van der Waals surface area (Å²) in [5.74, 6) is 0.862. The van der Waals surface area contributed by atoms with E-state index in [2.05, 4.69) is 11.1 Å². The van der Waals surface area contributed by atoms with Crippen LogP contribution in [-0.2, 0) is 17.8 Å². The zero-order valence-corrected chi connectivity index (χ0v) is 24.0. The molecule has 9 heteroatoms. The minimum atomic E-state index is -0.225. The highest BCUT2D eigenvalue weighted by Crippen LogP contribution is 2.31. The average Bonchev–Trinajstić information content (AvgIpc) is 3.74. The molecule has 0 aliphatic heterocycles. The van der Waals surface area contributed by atoms with Crippen molar-refractivity contribution in [1.29, 1.82) is 0 Å². The number of fused-ring (bicyclic) bond motifs is 1. The molecular formula is C31H31Cl2N3O4. The number of carbonyl (C=O) groups is 2. The minimum Gasteiger partial charge on any atom is -0.493 e. The first kappa shape index (κ1) is 27.9. The molecule has 0 atom stereocenters. The van der Waals surface area contributed by atoms with E-state index in [4.69, 9.17) is 32.7 Å². The third-order valence-electron chi connectivity index (χ3n) is 7.22. The second-order valence-electron chi connectivity index (χ2n) is 9.91. The molecule has 1 N–H and O–H groups in total. The van der Waals surface area contributed by atoms with Crippen molar-refractivity contribution < 1.29 is 19.1 Å². The van der Waals surface area contributed by atoms with Crippen LogP contribution in [0.2, 0.25) is 10.0 Å². The lowest BCUT2D eigenvalue weighted by molar-refractivity contribution is -0.132. The topological polar surface area (TPSA) is 74.9 Å². The minimum absolute atomic E-state index is 0.0229. The van der Waals surface area contributed by atoms with Crippen molar-refractivity contribution in [2.24, 2.45) is 0 Å². The van der Waals surface area contributed by atoms with Crippen LogP contribution in [0.4, 0.5) is 0 Å². The summed E-state index contributed by atoms with van der Waals surface area (Å²) in [5, 5.41) is 1.82. The van der Waals surface area contributed by atoms with E-state index in [-0.39, 0.29) is 24.4 Å². The molecule has 40 heavy (non-hydrogen) atoms. The van der Waals surface area contributed by atoms with Crippen molar-refractivity contribution in [2.45, 2.75) is 31.8 Å². The fourth-order valence-electron chi connectivity index (χ4n) is 4.88. The van der Waals surface area contributed by atoms with Crippen LogP contribution < -0.4 is 9.47 Å². The standard InChI is InChI=1S/C31H31Cl2N3O4/c1-39-28-12-7-20(15-29(28)40-2)18-35(14-13-22-17-34-27-6-4-3-5-24(22)27)30(37)19-36(23-9-10-23)31(38)21-8-11-25(32)26(33)16-21/h3-8,11-12,15-17,23,34H,9-10,13-14,18-19H2,1-2H3. The van der Waals surface area contributed by atoms with Gasteiger partial charge in [-0.2, -0.15) is 0 Å². The zero-order chi connectivity index (χ0) is 28.2. The summed E-state index contributed by atoms with van der Waals surface area (Å²) in [7, 11) is 3.18. The predicted octanol–water partition coefficient (Wildman–Crippen LogP) is 6.37. The number of para-hydroxylation sites is 1. The number of methoxy groups -OCH3 is 2. The van der Waals surface area contributed by atoms with Crippen LogP contribution in [0.15, 0.2) is 66.9 Å². The van der Waals surface area contributed by atoms with E-state index < -0.39 is 0 Å².